The highest BCUT2D eigenvalue weighted by molar-refractivity contribution is 7.80. The number of thiocarbonyl (C=S) groups is 1. The van der Waals surface area contributed by atoms with Gasteiger partial charge in [-0.15, -0.1) is 0 Å². The molecule has 1 aliphatic rings. The van der Waals surface area contributed by atoms with Crippen LogP contribution in [0.25, 0.3) is 0 Å². The number of nitrogens with one attached hydrogen (secondary N) is 1. The van der Waals surface area contributed by atoms with Gasteiger partial charge in [-0.25, -0.2) is 9.97 Å². The molecule has 1 aliphatic carbocycles. The van der Waals surface area contributed by atoms with Crippen molar-refractivity contribution in [2.45, 2.75) is 26.7 Å². The van der Waals surface area contributed by atoms with Crippen LogP contribution in [0.3, 0.4) is 0 Å². The number of rotatable bonds is 5. The zero-order valence-corrected chi connectivity index (χ0v) is 11.0. The molecule has 0 aliphatic heterocycles. The number of hydrogen-bond donors (Lipinski definition) is 2. The smallest absolute Gasteiger partial charge is 0.223 e. The van der Waals surface area contributed by atoms with E-state index >= 15 is 0 Å². The van der Waals surface area contributed by atoms with Crippen LogP contribution in [0, 0.1) is 18.8 Å². The van der Waals surface area contributed by atoms with Crippen molar-refractivity contribution in [2.75, 3.05) is 11.9 Å². The molecule has 0 bridgehead atoms. The average Bonchev–Trinajstić information content (AvgIpc) is 3.08. The third-order valence-corrected chi connectivity index (χ3v) is 3.32. The maximum Gasteiger partial charge on any atom is 0.223 e. The molecule has 1 fully saturated rings. The summed E-state index contributed by atoms with van der Waals surface area (Å²) in [5.74, 6) is 2.18. The van der Waals surface area contributed by atoms with Crippen LogP contribution in [-0.2, 0) is 0 Å². The second-order valence-corrected chi connectivity index (χ2v) is 5.22. The molecule has 2 rings (SSSR count). The van der Waals surface area contributed by atoms with Crippen molar-refractivity contribution in [3.63, 3.8) is 0 Å². The fraction of sp³-hybridized carbons (Fsp3) is 0.583. The first-order valence-electron chi connectivity index (χ1n) is 5.95. The van der Waals surface area contributed by atoms with E-state index in [-0.39, 0.29) is 0 Å². The first kappa shape index (κ1) is 12.2. The molecule has 0 radical (unpaired) electrons. The molecule has 92 valence electrons. The molecule has 1 aromatic heterocycles. The van der Waals surface area contributed by atoms with E-state index in [4.69, 9.17) is 18.0 Å². The number of nitrogens with two attached hydrogens (primary N) is 1. The van der Waals surface area contributed by atoms with Crippen molar-refractivity contribution in [1.82, 2.24) is 9.97 Å². The Labute approximate surface area is 107 Å². The van der Waals surface area contributed by atoms with Crippen LogP contribution in [0.2, 0.25) is 0 Å². The van der Waals surface area contributed by atoms with Gasteiger partial charge >= 0.3 is 0 Å². The Hall–Kier alpha value is -1.23. The minimum absolute atomic E-state index is 0.314. The van der Waals surface area contributed by atoms with E-state index in [2.05, 4.69) is 22.2 Å². The highest BCUT2D eigenvalue weighted by Gasteiger charge is 2.27. The van der Waals surface area contributed by atoms with Crippen LogP contribution in [0.5, 0.6) is 0 Å². The van der Waals surface area contributed by atoms with Gasteiger partial charge in [-0.3, -0.25) is 0 Å². The Balaban J connectivity index is 2.01. The molecular weight excluding hydrogens is 232 g/mol. The van der Waals surface area contributed by atoms with Gasteiger partial charge in [-0.05, 0) is 37.7 Å². The predicted octanol–water partition coefficient (Wildman–Crippen LogP) is 1.88. The number of anilines is 1. The summed E-state index contributed by atoms with van der Waals surface area (Å²) in [6.07, 6.45) is 2.71. The van der Waals surface area contributed by atoms with Gasteiger partial charge in [0.05, 0.1) is 0 Å². The predicted molar refractivity (Wildman–Crippen MR) is 73.0 cm³/mol. The molecule has 1 aromatic rings. The minimum Gasteiger partial charge on any atom is -0.388 e. The van der Waals surface area contributed by atoms with Crippen LogP contribution in [0.1, 0.15) is 31.2 Å². The highest BCUT2D eigenvalue weighted by Crippen LogP contribution is 2.36. The van der Waals surface area contributed by atoms with Crippen LogP contribution >= 0.6 is 12.2 Å². The lowest BCUT2D eigenvalue weighted by atomic mass is 10.1. The van der Waals surface area contributed by atoms with E-state index in [0.29, 0.717) is 22.5 Å². The lowest BCUT2D eigenvalue weighted by molar-refractivity contribution is 0.535. The summed E-state index contributed by atoms with van der Waals surface area (Å²) < 4.78 is 0. The van der Waals surface area contributed by atoms with Crippen molar-refractivity contribution in [2.24, 2.45) is 17.6 Å². The van der Waals surface area contributed by atoms with Gasteiger partial charge < -0.3 is 11.1 Å². The Morgan fingerprint density at radius 1 is 1.59 bits per heavy atom. The van der Waals surface area contributed by atoms with Gasteiger partial charge in [0.2, 0.25) is 5.95 Å². The number of hydrogen-bond acceptors (Lipinski definition) is 4. The number of aromatic nitrogens is 2. The first-order valence-corrected chi connectivity index (χ1v) is 6.36. The zero-order chi connectivity index (χ0) is 12.4. The van der Waals surface area contributed by atoms with E-state index in [1.165, 1.54) is 12.8 Å². The summed E-state index contributed by atoms with van der Waals surface area (Å²) in [6, 6.07) is 1.80. The monoisotopic (exact) mass is 250 g/mol. The van der Waals surface area contributed by atoms with Crippen molar-refractivity contribution in [1.29, 1.82) is 0 Å². The van der Waals surface area contributed by atoms with Crippen molar-refractivity contribution in [3.05, 3.63) is 17.5 Å². The Kier molecular flexibility index (Phi) is 3.57. The van der Waals surface area contributed by atoms with Gasteiger partial charge in [0.25, 0.3) is 0 Å². The van der Waals surface area contributed by atoms with Gasteiger partial charge in [-0.1, -0.05) is 19.1 Å². The van der Waals surface area contributed by atoms with E-state index in [0.717, 1.165) is 18.2 Å². The molecule has 0 spiro atoms. The SMILES string of the molecule is Cc1cc(C(N)=S)nc(NCC(C)C2CC2)n1. The number of nitrogens with zero attached hydrogens (tertiary/aromatic N) is 2. The summed E-state index contributed by atoms with van der Waals surface area (Å²) in [5, 5.41) is 3.26. The maximum absolute atomic E-state index is 5.58. The lowest BCUT2D eigenvalue weighted by Gasteiger charge is -2.12. The lowest BCUT2D eigenvalue weighted by Crippen LogP contribution is -2.18. The van der Waals surface area contributed by atoms with Crippen LogP contribution in [0.15, 0.2) is 6.07 Å². The van der Waals surface area contributed by atoms with E-state index in [1.54, 1.807) is 6.07 Å². The Morgan fingerprint density at radius 2 is 2.29 bits per heavy atom. The van der Waals surface area contributed by atoms with Gasteiger partial charge in [0.15, 0.2) is 0 Å². The summed E-state index contributed by atoms with van der Waals surface area (Å²) in [4.78, 5) is 8.94. The zero-order valence-electron chi connectivity index (χ0n) is 10.2. The van der Waals surface area contributed by atoms with E-state index in [1.807, 2.05) is 6.92 Å². The molecule has 1 heterocycles. The summed E-state index contributed by atoms with van der Waals surface area (Å²) in [7, 11) is 0. The van der Waals surface area contributed by atoms with Crippen LogP contribution < -0.4 is 11.1 Å². The first-order chi connectivity index (χ1) is 8.06. The van der Waals surface area contributed by atoms with Crippen LogP contribution in [-0.4, -0.2) is 21.5 Å². The summed E-state index contributed by atoms with van der Waals surface area (Å²) in [6.45, 7) is 5.08. The molecule has 0 amide bonds. The van der Waals surface area contributed by atoms with Crippen molar-refractivity contribution in [3.8, 4) is 0 Å². The van der Waals surface area contributed by atoms with Crippen molar-refractivity contribution >= 4 is 23.2 Å². The van der Waals surface area contributed by atoms with Gasteiger partial charge in [-0.2, -0.15) is 0 Å². The fourth-order valence-electron chi connectivity index (χ4n) is 1.86. The third-order valence-electron chi connectivity index (χ3n) is 3.12. The molecule has 1 saturated carbocycles. The Morgan fingerprint density at radius 3 is 2.88 bits per heavy atom. The summed E-state index contributed by atoms with van der Waals surface area (Å²) in [5.41, 5.74) is 7.09. The van der Waals surface area contributed by atoms with Crippen LogP contribution in [0.4, 0.5) is 5.95 Å². The van der Waals surface area contributed by atoms with E-state index < -0.39 is 0 Å². The highest BCUT2D eigenvalue weighted by atomic mass is 32.1. The fourth-order valence-corrected chi connectivity index (χ4v) is 1.96. The molecule has 5 heteroatoms. The van der Waals surface area contributed by atoms with Crippen molar-refractivity contribution < 1.29 is 0 Å². The molecule has 0 aromatic carbocycles. The standard InChI is InChI=1S/C12H18N4S/c1-7(9-3-4-9)6-14-12-15-8(2)5-10(16-12)11(13)17/h5,7,9H,3-4,6H2,1-2H3,(H2,13,17)(H,14,15,16). The van der Waals surface area contributed by atoms with E-state index in [9.17, 15) is 0 Å². The van der Waals surface area contributed by atoms with Gasteiger partial charge in [0.1, 0.15) is 10.7 Å². The normalized spacial score (nSPS) is 16.6. The second-order valence-electron chi connectivity index (χ2n) is 4.78. The molecule has 3 N–H and O–H groups in total. The Bertz CT molecular complexity index is 429. The quantitative estimate of drug-likeness (QED) is 0.781. The molecule has 0 saturated heterocycles. The molecule has 1 atom stereocenters. The summed E-state index contributed by atoms with van der Waals surface area (Å²) >= 11 is 4.93. The molecule has 17 heavy (non-hydrogen) atoms. The second kappa shape index (κ2) is 4.96. The minimum atomic E-state index is 0.314. The van der Waals surface area contributed by atoms with Gasteiger partial charge in [0, 0.05) is 12.2 Å². The third kappa shape index (κ3) is 3.36. The largest absolute Gasteiger partial charge is 0.388 e. The topological polar surface area (TPSA) is 63.8 Å². The maximum atomic E-state index is 5.58. The number of aryl methyl sites for hydroxylation is 1. The average molecular weight is 250 g/mol. The molecular formula is C12H18N4S. The molecule has 4 nitrogen and oxygen atoms in total. The molecule has 1 unspecified atom stereocenters.